The maximum Gasteiger partial charge on any atom is 0.0441 e. The van der Waals surface area contributed by atoms with Gasteiger partial charge < -0.3 is 0 Å². The van der Waals surface area contributed by atoms with Gasteiger partial charge in [-0.2, -0.15) is 0 Å². The van der Waals surface area contributed by atoms with Crippen molar-refractivity contribution in [3.8, 4) is 0 Å². The van der Waals surface area contributed by atoms with Crippen LogP contribution in [0, 0.1) is 6.07 Å². The monoisotopic (exact) mass is 195 g/mol. The molecule has 0 heterocycles. The van der Waals surface area contributed by atoms with Crippen LogP contribution >= 0.6 is 11.6 Å². The third kappa shape index (κ3) is 2.73. The summed E-state index contributed by atoms with van der Waals surface area (Å²) in [4.78, 5) is 0. The molecule has 0 fully saturated rings. The van der Waals surface area contributed by atoms with Crippen LogP contribution < -0.4 is 0 Å². The maximum atomic E-state index is 6.12. The van der Waals surface area contributed by atoms with E-state index in [0.29, 0.717) is 0 Å². The van der Waals surface area contributed by atoms with Gasteiger partial charge in [-0.15, -0.1) is 0 Å². The zero-order valence-electron chi connectivity index (χ0n) is 8.36. The molecular weight excluding hydrogens is 180 g/mol. The van der Waals surface area contributed by atoms with Gasteiger partial charge in [0.15, 0.2) is 0 Å². The Morgan fingerprint density at radius 1 is 1.23 bits per heavy atom. The second-order valence-electron chi connectivity index (χ2n) is 3.28. The van der Waals surface area contributed by atoms with Crippen molar-refractivity contribution in [3.05, 3.63) is 34.3 Å². The minimum Gasteiger partial charge on any atom is -0.0840 e. The number of benzene rings is 1. The molecule has 0 aliphatic carbocycles. The van der Waals surface area contributed by atoms with E-state index < -0.39 is 0 Å². The largest absolute Gasteiger partial charge is 0.0840 e. The van der Waals surface area contributed by atoms with Gasteiger partial charge in [0.1, 0.15) is 0 Å². The molecule has 1 radical (unpaired) electrons. The van der Waals surface area contributed by atoms with Gasteiger partial charge in [-0.25, -0.2) is 0 Å². The minimum atomic E-state index is 0.907. The van der Waals surface area contributed by atoms with Crippen molar-refractivity contribution in [2.75, 3.05) is 0 Å². The maximum absolute atomic E-state index is 6.12. The van der Waals surface area contributed by atoms with E-state index in [2.05, 4.69) is 19.9 Å². The molecule has 0 spiro atoms. The van der Waals surface area contributed by atoms with E-state index in [1.807, 2.05) is 12.1 Å². The molecule has 1 aromatic rings. The molecule has 0 aromatic heterocycles. The second-order valence-corrected chi connectivity index (χ2v) is 3.69. The summed E-state index contributed by atoms with van der Waals surface area (Å²) in [5.41, 5.74) is 2.60. The zero-order chi connectivity index (χ0) is 9.68. The SMILES string of the molecule is CCCc1[c]ccc(Cl)c1CCC. The van der Waals surface area contributed by atoms with Crippen molar-refractivity contribution < 1.29 is 0 Å². The summed E-state index contributed by atoms with van der Waals surface area (Å²) in [6.45, 7) is 4.36. The first kappa shape index (κ1) is 10.6. The van der Waals surface area contributed by atoms with Crippen LogP contribution in [0.3, 0.4) is 0 Å². The van der Waals surface area contributed by atoms with Gasteiger partial charge in [0.2, 0.25) is 0 Å². The van der Waals surface area contributed by atoms with Gasteiger partial charge in [-0.05, 0) is 36.1 Å². The smallest absolute Gasteiger partial charge is 0.0441 e. The van der Waals surface area contributed by atoms with Crippen molar-refractivity contribution in [1.29, 1.82) is 0 Å². The number of aryl methyl sites for hydroxylation is 1. The van der Waals surface area contributed by atoms with Gasteiger partial charge in [0, 0.05) is 5.02 Å². The molecule has 71 valence electrons. The Labute approximate surface area is 85.9 Å². The predicted octanol–water partition coefficient (Wildman–Crippen LogP) is 4.05. The molecule has 13 heavy (non-hydrogen) atoms. The van der Waals surface area contributed by atoms with Gasteiger partial charge in [-0.3, -0.25) is 0 Å². The van der Waals surface area contributed by atoms with E-state index in [9.17, 15) is 0 Å². The summed E-state index contributed by atoms with van der Waals surface area (Å²) >= 11 is 6.12. The highest BCUT2D eigenvalue weighted by molar-refractivity contribution is 6.31. The number of halogens is 1. The first-order valence-corrected chi connectivity index (χ1v) is 5.35. The van der Waals surface area contributed by atoms with Crippen LogP contribution in [0.5, 0.6) is 0 Å². The summed E-state index contributed by atoms with van der Waals surface area (Å²) in [5.74, 6) is 0. The molecule has 0 saturated heterocycles. The van der Waals surface area contributed by atoms with Gasteiger partial charge in [0.05, 0.1) is 0 Å². The summed E-state index contributed by atoms with van der Waals surface area (Å²) in [7, 11) is 0. The number of rotatable bonds is 4. The van der Waals surface area contributed by atoms with E-state index in [-0.39, 0.29) is 0 Å². The molecule has 0 aliphatic rings. The second kappa shape index (κ2) is 5.29. The average Bonchev–Trinajstić information content (AvgIpc) is 2.11. The lowest BCUT2D eigenvalue weighted by atomic mass is 10.00. The van der Waals surface area contributed by atoms with Crippen LogP contribution in [0.2, 0.25) is 5.02 Å². The Kier molecular flexibility index (Phi) is 4.31. The lowest BCUT2D eigenvalue weighted by molar-refractivity contribution is 0.860. The topological polar surface area (TPSA) is 0 Å². The fourth-order valence-corrected chi connectivity index (χ4v) is 1.81. The minimum absolute atomic E-state index is 0.907. The Hall–Kier alpha value is -0.490. The molecule has 1 rings (SSSR count). The van der Waals surface area contributed by atoms with Gasteiger partial charge >= 0.3 is 0 Å². The third-order valence-electron chi connectivity index (χ3n) is 2.14. The van der Waals surface area contributed by atoms with E-state index in [0.717, 1.165) is 30.7 Å². The molecule has 0 bridgehead atoms. The Balaban J connectivity index is 2.95. The average molecular weight is 196 g/mol. The molecule has 0 atom stereocenters. The van der Waals surface area contributed by atoms with Crippen molar-refractivity contribution >= 4 is 11.6 Å². The van der Waals surface area contributed by atoms with Crippen LogP contribution in [-0.2, 0) is 12.8 Å². The first-order valence-electron chi connectivity index (χ1n) is 4.97. The highest BCUT2D eigenvalue weighted by Gasteiger charge is 2.04. The Morgan fingerprint density at radius 2 is 1.92 bits per heavy atom. The molecule has 0 N–H and O–H groups in total. The summed E-state index contributed by atoms with van der Waals surface area (Å²) in [6, 6.07) is 7.14. The number of hydrogen-bond donors (Lipinski definition) is 0. The van der Waals surface area contributed by atoms with Crippen LogP contribution in [-0.4, -0.2) is 0 Å². The Bertz CT molecular complexity index is 266. The molecule has 0 nitrogen and oxygen atoms in total. The standard InChI is InChI=1S/C12H16Cl/c1-3-6-10-8-5-9-12(13)11(10)7-4-2/h5,9H,3-4,6-7H2,1-2H3. The van der Waals surface area contributed by atoms with E-state index in [1.165, 1.54) is 11.1 Å². The van der Waals surface area contributed by atoms with Crippen LogP contribution in [0.15, 0.2) is 12.1 Å². The van der Waals surface area contributed by atoms with Crippen LogP contribution in [0.4, 0.5) is 0 Å². The summed E-state index contributed by atoms with van der Waals surface area (Å²) in [5, 5.41) is 0.907. The third-order valence-corrected chi connectivity index (χ3v) is 2.49. The quantitative estimate of drug-likeness (QED) is 0.680. The van der Waals surface area contributed by atoms with Crippen LogP contribution in [0.25, 0.3) is 0 Å². The molecule has 0 amide bonds. The van der Waals surface area contributed by atoms with E-state index in [1.54, 1.807) is 0 Å². The van der Waals surface area contributed by atoms with Crippen molar-refractivity contribution in [3.63, 3.8) is 0 Å². The molecule has 0 aliphatic heterocycles. The van der Waals surface area contributed by atoms with Crippen LogP contribution in [0.1, 0.15) is 37.8 Å². The fraction of sp³-hybridized carbons (Fsp3) is 0.500. The van der Waals surface area contributed by atoms with Crippen molar-refractivity contribution in [1.82, 2.24) is 0 Å². The van der Waals surface area contributed by atoms with Crippen molar-refractivity contribution in [2.24, 2.45) is 0 Å². The van der Waals surface area contributed by atoms with E-state index in [4.69, 9.17) is 11.6 Å². The zero-order valence-corrected chi connectivity index (χ0v) is 9.12. The van der Waals surface area contributed by atoms with E-state index >= 15 is 0 Å². The fourth-order valence-electron chi connectivity index (χ4n) is 1.54. The highest BCUT2D eigenvalue weighted by atomic mass is 35.5. The van der Waals surface area contributed by atoms with Gasteiger partial charge in [0.25, 0.3) is 0 Å². The first-order chi connectivity index (χ1) is 6.29. The molecule has 1 aromatic carbocycles. The Morgan fingerprint density at radius 3 is 2.54 bits per heavy atom. The molecule has 0 saturated carbocycles. The number of hydrogen-bond acceptors (Lipinski definition) is 0. The summed E-state index contributed by atoms with van der Waals surface area (Å²) in [6.07, 6.45) is 4.48. The van der Waals surface area contributed by atoms with Gasteiger partial charge in [-0.1, -0.05) is 44.4 Å². The lowest BCUT2D eigenvalue weighted by Crippen LogP contribution is -1.94. The van der Waals surface area contributed by atoms with Crippen molar-refractivity contribution in [2.45, 2.75) is 39.5 Å². The molecule has 0 unspecified atom stereocenters. The lowest BCUT2D eigenvalue weighted by Gasteiger charge is -2.08. The highest BCUT2D eigenvalue weighted by Crippen LogP contribution is 2.22. The predicted molar refractivity (Wildman–Crippen MR) is 58.3 cm³/mol. The molecule has 1 heteroatoms. The summed E-state index contributed by atoms with van der Waals surface area (Å²) < 4.78 is 0. The molecular formula is C12H16Cl. The normalized spacial score (nSPS) is 10.4.